The van der Waals surface area contributed by atoms with E-state index in [4.69, 9.17) is 15.9 Å². The van der Waals surface area contributed by atoms with Crippen LogP contribution in [-0.2, 0) is 6.42 Å². The van der Waals surface area contributed by atoms with Gasteiger partial charge in [-0.1, -0.05) is 6.08 Å². The van der Waals surface area contributed by atoms with E-state index in [1.165, 1.54) is 0 Å². The van der Waals surface area contributed by atoms with Gasteiger partial charge in [0.15, 0.2) is 5.76 Å². The Morgan fingerprint density at radius 2 is 2.24 bits per heavy atom. The Morgan fingerprint density at radius 3 is 2.90 bits per heavy atom. The first-order chi connectivity index (χ1) is 10.0. The van der Waals surface area contributed by atoms with Crippen molar-refractivity contribution in [1.29, 1.82) is 0 Å². The molecule has 1 heterocycles. The van der Waals surface area contributed by atoms with Gasteiger partial charge in [-0.3, -0.25) is 4.79 Å². The van der Waals surface area contributed by atoms with E-state index in [1.807, 2.05) is 6.92 Å². The molecule has 0 unspecified atom stereocenters. The Bertz CT molecular complexity index is 624. The summed E-state index contributed by atoms with van der Waals surface area (Å²) in [5.74, 6) is 0.705. The molecule has 0 aromatic carbocycles. The smallest absolute Gasteiger partial charge is 0.287 e. The van der Waals surface area contributed by atoms with Gasteiger partial charge in [-0.05, 0) is 19.8 Å². The van der Waals surface area contributed by atoms with Crippen LogP contribution in [-0.4, -0.2) is 24.1 Å². The molecule has 1 amide bonds. The van der Waals surface area contributed by atoms with Gasteiger partial charge < -0.3 is 21.2 Å². The average Bonchev–Trinajstić information content (AvgIpc) is 2.80. The molecule has 0 saturated carbocycles. The normalized spacial score (nSPS) is 15.4. The zero-order chi connectivity index (χ0) is 15.4. The number of guanidine groups is 1. The van der Waals surface area contributed by atoms with E-state index in [0.29, 0.717) is 12.3 Å². The van der Waals surface area contributed by atoms with Crippen LogP contribution < -0.4 is 16.8 Å². The first-order valence-corrected chi connectivity index (χ1v) is 6.71. The highest BCUT2D eigenvalue weighted by Gasteiger charge is 2.27. The number of hydrogen-bond donors (Lipinski definition) is 3. The summed E-state index contributed by atoms with van der Waals surface area (Å²) in [5, 5.41) is 10.5. The van der Waals surface area contributed by atoms with Gasteiger partial charge >= 0.3 is 0 Å². The second kappa shape index (κ2) is 6.25. The molecule has 1 aliphatic carbocycles. The number of nitrogens with two attached hydrogens (primary N) is 2. The standard InChI is InChI=1S/C14H19N5O2/c1-3-7-17-13(20)12-8(2)11-9(18-19-14(15)16)5-4-6-10(11)21-12/h3H,1,4-7H2,2H3,(H,17,20)(H4,15,16,19)/b18-9+. The third-order valence-electron chi connectivity index (χ3n) is 3.23. The number of aryl methyl sites for hydroxylation is 1. The van der Waals surface area contributed by atoms with Crippen LogP contribution in [0.15, 0.2) is 27.3 Å². The second-order valence-electron chi connectivity index (χ2n) is 4.78. The summed E-state index contributed by atoms with van der Waals surface area (Å²) in [5.41, 5.74) is 12.9. The van der Waals surface area contributed by atoms with E-state index in [1.54, 1.807) is 6.08 Å². The van der Waals surface area contributed by atoms with E-state index in [0.717, 1.165) is 41.9 Å². The first-order valence-electron chi connectivity index (χ1n) is 6.71. The minimum absolute atomic E-state index is 0.0975. The molecular formula is C14H19N5O2. The van der Waals surface area contributed by atoms with Gasteiger partial charge in [0.1, 0.15) is 5.76 Å². The minimum Gasteiger partial charge on any atom is -0.455 e. The van der Waals surface area contributed by atoms with E-state index in [-0.39, 0.29) is 11.9 Å². The Kier molecular flexibility index (Phi) is 4.42. The highest BCUT2D eigenvalue weighted by molar-refractivity contribution is 6.06. The molecule has 21 heavy (non-hydrogen) atoms. The van der Waals surface area contributed by atoms with Crippen molar-refractivity contribution in [3.63, 3.8) is 0 Å². The molecule has 1 aromatic rings. The second-order valence-corrected chi connectivity index (χ2v) is 4.78. The summed E-state index contributed by atoms with van der Waals surface area (Å²) in [4.78, 5) is 12.1. The summed E-state index contributed by atoms with van der Waals surface area (Å²) < 4.78 is 5.69. The number of hydrogen-bond acceptors (Lipinski definition) is 4. The highest BCUT2D eigenvalue weighted by Crippen LogP contribution is 2.30. The molecule has 0 radical (unpaired) electrons. The first kappa shape index (κ1) is 14.8. The number of carbonyl (C=O) groups excluding carboxylic acids is 1. The lowest BCUT2D eigenvalue weighted by Crippen LogP contribution is -2.23. The zero-order valence-corrected chi connectivity index (χ0v) is 12.0. The lowest BCUT2D eigenvalue weighted by molar-refractivity contribution is 0.0927. The van der Waals surface area contributed by atoms with Crippen molar-refractivity contribution in [2.75, 3.05) is 6.54 Å². The van der Waals surface area contributed by atoms with Crippen LogP contribution >= 0.6 is 0 Å². The van der Waals surface area contributed by atoms with Crippen LogP contribution in [0, 0.1) is 6.92 Å². The fourth-order valence-electron chi connectivity index (χ4n) is 2.35. The van der Waals surface area contributed by atoms with Crippen molar-refractivity contribution in [3.05, 3.63) is 35.3 Å². The van der Waals surface area contributed by atoms with Crippen LogP contribution in [0.5, 0.6) is 0 Å². The quantitative estimate of drug-likeness (QED) is 0.329. The molecule has 0 aliphatic heterocycles. The van der Waals surface area contributed by atoms with E-state index >= 15 is 0 Å². The van der Waals surface area contributed by atoms with E-state index in [2.05, 4.69) is 22.1 Å². The van der Waals surface area contributed by atoms with Crippen LogP contribution in [0.3, 0.4) is 0 Å². The molecule has 7 nitrogen and oxygen atoms in total. The fourth-order valence-corrected chi connectivity index (χ4v) is 2.35. The molecule has 0 saturated heterocycles. The predicted molar refractivity (Wildman–Crippen MR) is 81.3 cm³/mol. The molecule has 0 atom stereocenters. The topological polar surface area (TPSA) is 119 Å². The Hall–Kier alpha value is -2.57. The molecule has 0 spiro atoms. The van der Waals surface area contributed by atoms with Crippen LogP contribution in [0.25, 0.3) is 0 Å². The fraction of sp³-hybridized carbons (Fsp3) is 0.357. The van der Waals surface area contributed by atoms with Gasteiger partial charge in [0.2, 0.25) is 5.96 Å². The maximum absolute atomic E-state index is 12.1. The summed E-state index contributed by atoms with van der Waals surface area (Å²) in [6.07, 6.45) is 4.01. The average molecular weight is 289 g/mol. The van der Waals surface area contributed by atoms with Crippen molar-refractivity contribution < 1.29 is 9.21 Å². The molecule has 112 valence electrons. The summed E-state index contributed by atoms with van der Waals surface area (Å²) in [6, 6.07) is 0. The molecular weight excluding hydrogens is 270 g/mol. The Balaban J connectivity index is 2.39. The Morgan fingerprint density at radius 1 is 1.48 bits per heavy atom. The summed E-state index contributed by atoms with van der Waals surface area (Å²) in [7, 11) is 0. The van der Waals surface area contributed by atoms with Gasteiger partial charge in [-0.25, -0.2) is 0 Å². The van der Waals surface area contributed by atoms with Crippen LogP contribution in [0.2, 0.25) is 0 Å². The van der Waals surface area contributed by atoms with Crippen molar-refractivity contribution in [2.24, 2.45) is 21.7 Å². The lowest BCUT2D eigenvalue weighted by Gasteiger charge is -2.11. The number of carbonyl (C=O) groups is 1. The molecule has 1 aromatic heterocycles. The molecule has 0 bridgehead atoms. The number of rotatable bonds is 4. The van der Waals surface area contributed by atoms with Crippen LogP contribution in [0.4, 0.5) is 0 Å². The van der Waals surface area contributed by atoms with E-state index < -0.39 is 0 Å². The SMILES string of the molecule is C=CCNC(=O)c1oc2c(c1C)/C(=N/N=C(N)N)CCC2. The van der Waals surface area contributed by atoms with E-state index in [9.17, 15) is 4.79 Å². The maximum Gasteiger partial charge on any atom is 0.287 e. The Labute approximate surface area is 122 Å². The highest BCUT2D eigenvalue weighted by atomic mass is 16.4. The molecule has 7 heteroatoms. The molecule has 0 fully saturated rings. The maximum atomic E-state index is 12.1. The minimum atomic E-state index is -0.261. The van der Waals surface area contributed by atoms with Gasteiger partial charge in [0.05, 0.1) is 5.71 Å². The van der Waals surface area contributed by atoms with Crippen molar-refractivity contribution in [2.45, 2.75) is 26.2 Å². The number of nitrogens with zero attached hydrogens (tertiary/aromatic N) is 2. The zero-order valence-electron chi connectivity index (χ0n) is 12.0. The van der Waals surface area contributed by atoms with Gasteiger partial charge in [-0.2, -0.15) is 5.10 Å². The number of fused-ring (bicyclic) bond motifs is 1. The van der Waals surface area contributed by atoms with Crippen molar-refractivity contribution in [3.8, 4) is 0 Å². The third-order valence-corrected chi connectivity index (χ3v) is 3.23. The van der Waals surface area contributed by atoms with Gasteiger partial charge in [0.25, 0.3) is 5.91 Å². The number of furan rings is 1. The van der Waals surface area contributed by atoms with Gasteiger partial charge in [0, 0.05) is 24.1 Å². The number of amides is 1. The molecule has 2 rings (SSSR count). The summed E-state index contributed by atoms with van der Waals surface area (Å²) >= 11 is 0. The lowest BCUT2D eigenvalue weighted by atomic mass is 9.93. The van der Waals surface area contributed by atoms with Crippen LogP contribution in [0.1, 0.15) is 40.3 Å². The van der Waals surface area contributed by atoms with Gasteiger partial charge in [-0.15, -0.1) is 11.7 Å². The largest absolute Gasteiger partial charge is 0.455 e. The molecule has 1 aliphatic rings. The van der Waals surface area contributed by atoms with Crippen molar-refractivity contribution >= 4 is 17.6 Å². The predicted octanol–water partition coefficient (Wildman–Crippen LogP) is 0.818. The monoisotopic (exact) mass is 289 g/mol. The summed E-state index contributed by atoms with van der Waals surface area (Å²) in [6.45, 7) is 5.79. The van der Waals surface area contributed by atoms with Crippen molar-refractivity contribution in [1.82, 2.24) is 5.32 Å². The third kappa shape index (κ3) is 3.13. The number of nitrogens with one attached hydrogen (secondary N) is 1. The molecule has 5 N–H and O–H groups in total.